The van der Waals surface area contributed by atoms with Crippen molar-refractivity contribution in [1.29, 1.82) is 0 Å². The van der Waals surface area contributed by atoms with Crippen molar-refractivity contribution < 1.29 is 0 Å². The summed E-state index contributed by atoms with van der Waals surface area (Å²) in [5, 5.41) is 0.760. The maximum absolute atomic E-state index is 6.04. The molecule has 2 heterocycles. The predicted octanol–water partition coefficient (Wildman–Crippen LogP) is 5.67. The van der Waals surface area contributed by atoms with E-state index in [-0.39, 0.29) is 0 Å². The first-order chi connectivity index (χ1) is 11.8. The van der Waals surface area contributed by atoms with Crippen molar-refractivity contribution in [2.24, 2.45) is 0 Å². The van der Waals surface area contributed by atoms with Gasteiger partial charge in [0.15, 0.2) is 0 Å². The number of hydrogen-bond donors (Lipinski definition) is 0. The lowest BCUT2D eigenvalue weighted by atomic mass is 10.0. The van der Waals surface area contributed by atoms with E-state index in [0.717, 1.165) is 35.2 Å². The summed E-state index contributed by atoms with van der Waals surface area (Å²) < 4.78 is 0. The van der Waals surface area contributed by atoms with Crippen LogP contribution >= 0.6 is 11.6 Å². The highest BCUT2D eigenvalue weighted by Crippen LogP contribution is 2.31. The molecule has 0 amide bonds. The molecule has 0 spiro atoms. The van der Waals surface area contributed by atoms with Gasteiger partial charge in [0, 0.05) is 23.7 Å². The fourth-order valence-electron chi connectivity index (χ4n) is 3.19. The monoisotopic (exact) mass is 334 g/mol. The SMILES string of the molecule is Clc1ccc(-c2cc(-c3ccccc3)nc(N3CCCC3)c2)cc1. The number of pyridine rings is 1. The molecule has 0 unspecified atom stereocenters. The van der Waals surface area contributed by atoms with Crippen LogP contribution < -0.4 is 4.90 Å². The van der Waals surface area contributed by atoms with Gasteiger partial charge in [-0.25, -0.2) is 4.98 Å². The first-order valence-corrected chi connectivity index (χ1v) is 8.76. The Morgan fingerprint density at radius 2 is 1.46 bits per heavy atom. The van der Waals surface area contributed by atoms with Gasteiger partial charge in [-0.3, -0.25) is 0 Å². The lowest BCUT2D eigenvalue weighted by Crippen LogP contribution is -2.19. The average Bonchev–Trinajstić information content (AvgIpc) is 3.17. The van der Waals surface area contributed by atoms with Crippen LogP contribution in [0.3, 0.4) is 0 Å². The highest BCUT2D eigenvalue weighted by Gasteiger charge is 2.16. The molecule has 24 heavy (non-hydrogen) atoms. The second-order valence-electron chi connectivity index (χ2n) is 6.17. The summed E-state index contributed by atoms with van der Waals surface area (Å²) in [6, 6.07) is 22.8. The minimum atomic E-state index is 0.760. The molecule has 4 rings (SSSR count). The highest BCUT2D eigenvalue weighted by molar-refractivity contribution is 6.30. The molecule has 1 saturated heterocycles. The first kappa shape index (κ1) is 15.2. The van der Waals surface area contributed by atoms with Crippen molar-refractivity contribution in [3.63, 3.8) is 0 Å². The second kappa shape index (κ2) is 6.66. The molecule has 2 aromatic carbocycles. The number of nitrogens with zero attached hydrogens (tertiary/aromatic N) is 2. The van der Waals surface area contributed by atoms with Gasteiger partial charge in [-0.05, 0) is 48.2 Å². The van der Waals surface area contributed by atoms with E-state index >= 15 is 0 Å². The number of rotatable bonds is 3. The molecule has 1 aromatic heterocycles. The standard InChI is InChI=1S/C21H19ClN2/c22-19-10-8-16(9-11-19)18-14-20(17-6-2-1-3-7-17)23-21(15-18)24-12-4-5-13-24/h1-3,6-11,14-15H,4-5,12-13H2. The fourth-order valence-corrected chi connectivity index (χ4v) is 3.32. The van der Waals surface area contributed by atoms with Crippen LogP contribution in [0.5, 0.6) is 0 Å². The van der Waals surface area contributed by atoms with Gasteiger partial charge in [0.1, 0.15) is 5.82 Å². The third-order valence-corrected chi connectivity index (χ3v) is 4.74. The molecular weight excluding hydrogens is 316 g/mol. The molecule has 1 fully saturated rings. The first-order valence-electron chi connectivity index (χ1n) is 8.38. The molecule has 3 heteroatoms. The minimum Gasteiger partial charge on any atom is -0.357 e. The summed E-state index contributed by atoms with van der Waals surface area (Å²) >= 11 is 6.04. The molecule has 0 N–H and O–H groups in total. The van der Waals surface area contributed by atoms with E-state index in [1.807, 2.05) is 18.2 Å². The molecule has 2 nitrogen and oxygen atoms in total. The summed E-state index contributed by atoms with van der Waals surface area (Å²) in [6.07, 6.45) is 2.49. The van der Waals surface area contributed by atoms with Crippen molar-refractivity contribution in [3.05, 3.63) is 71.8 Å². The van der Waals surface area contributed by atoms with Gasteiger partial charge in [-0.15, -0.1) is 0 Å². The molecule has 0 radical (unpaired) electrons. The van der Waals surface area contributed by atoms with Gasteiger partial charge >= 0.3 is 0 Å². The lowest BCUT2D eigenvalue weighted by Gasteiger charge is -2.19. The summed E-state index contributed by atoms with van der Waals surface area (Å²) in [6.45, 7) is 2.18. The van der Waals surface area contributed by atoms with Crippen LogP contribution in [0.4, 0.5) is 5.82 Å². The van der Waals surface area contributed by atoms with E-state index in [1.165, 1.54) is 24.0 Å². The fraction of sp³-hybridized carbons (Fsp3) is 0.190. The van der Waals surface area contributed by atoms with Crippen LogP contribution in [0, 0.1) is 0 Å². The van der Waals surface area contributed by atoms with Crippen molar-refractivity contribution in [2.45, 2.75) is 12.8 Å². The van der Waals surface area contributed by atoms with Crippen LogP contribution in [0.15, 0.2) is 66.7 Å². The van der Waals surface area contributed by atoms with Crippen LogP contribution in [0.25, 0.3) is 22.4 Å². The summed E-state index contributed by atoms with van der Waals surface area (Å²) in [7, 11) is 0. The van der Waals surface area contributed by atoms with Gasteiger partial charge in [0.2, 0.25) is 0 Å². The molecule has 1 aliphatic rings. The molecule has 0 atom stereocenters. The number of benzene rings is 2. The molecule has 120 valence electrons. The molecular formula is C21H19ClN2. The molecule has 0 aliphatic carbocycles. The van der Waals surface area contributed by atoms with Gasteiger partial charge < -0.3 is 4.90 Å². The van der Waals surface area contributed by atoms with Crippen molar-refractivity contribution in [2.75, 3.05) is 18.0 Å². The maximum atomic E-state index is 6.04. The van der Waals surface area contributed by atoms with E-state index < -0.39 is 0 Å². The summed E-state index contributed by atoms with van der Waals surface area (Å²) in [5.74, 6) is 1.07. The number of halogens is 1. The second-order valence-corrected chi connectivity index (χ2v) is 6.60. The Morgan fingerprint density at radius 3 is 2.17 bits per heavy atom. The largest absolute Gasteiger partial charge is 0.357 e. The van der Waals surface area contributed by atoms with E-state index in [4.69, 9.17) is 16.6 Å². The summed E-state index contributed by atoms with van der Waals surface area (Å²) in [5.41, 5.74) is 4.51. The van der Waals surface area contributed by atoms with Crippen molar-refractivity contribution in [1.82, 2.24) is 4.98 Å². The smallest absolute Gasteiger partial charge is 0.129 e. The van der Waals surface area contributed by atoms with E-state index in [2.05, 4.69) is 53.4 Å². The van der Waals surface area contributed by atoms with Gasteiger partial charge in [-0.1, -0.05) is 54.1 Å². The molecule has 0 bridgehead atoms. The Kier molecular flexibility index (Phi) is 4.22. The van der Waals surface area contributed by atoms with Crippen LogP contribution in [0.2, 0.25) is 5.02 Å². The molecule has 1 aliphatic heterocycles. The highest BCUT2D eigenvalue weighted by atomic mass is 35.5. The Balaban J connectivity index is 1.83. The van der Waals surface area contributed by atoms with Crippen LogP contribution in [-0.4, -0.2) is 18.1 Å². The lowest BCUT2D eigenvalue weighted by molar-refractivity contribution is 0.939. The Bertz CT molecular complexity index is 822. The number of anilines is 1. The van der Waals surface area contributed by atoms with Gasteiger partial charge in [-0.2, -0.15) is 0 Å². The third-order valence-electron chi connectivity index (χ3n) is 4.49. The van der Waals surface area contributed by atoms with E-state index in [9.17, 15) is 0 Å². The van der Waals surface area contributed by atoms with Crippen molar-refractivity contribution in [3.8, 4) is 22.4 Å². The number of aromatic nitrogens is 1. The average molecular weight is 335 g/mol. The zero-order valence-corrected chi connectivity index (χ0v) is 14.2. The van der Waals surface area contributed by atoms with E-state index in [0.29, 0.717) is 0 Å². The van der Waals surface area contributed by atoms with Crippen molar-refractivity contribution >= 4 is 17.4 Å². The molecule has 3 aromatic rings. The quantitative estimate of drug-likeness (QED) is 0.613. The Hall–Kier alpha value is -2.32. The predicted molar refractivity (Wildman–Crippen MR) is 102 cm³/mol. The number of hydrogen-bond acceptors (Lipinski definition) is 2. The topological polar surface area (TPSA) is 16.1 Å². The zero-order chi connectivity index (χ0) is 16.4. The van der Waals surface area contributed by atoms with Gasteiger partial charge in [0.25, 0.3) is 0 Å². The van der Waals surface area contributed by atoms with Crippen LogP contribution in [0.1, 0.15) is 12.8 Å². The zero-order valence-electron chi connectivity index (χ0n) is 13.5. The van der Waals surface area contributed by atoms with Gasteiger partial charge in [0.05, 0.1) is 5.69 Å². The Labute approximate surface area is 147 Å². The Morgan fingerprint density at radius 1 is 0.750 bits per heavy atom. The maximum Gasteiger partial charge on any atom is 0.129 e. The van der Waals surface area contributed by atoms with Crippen LogP contribution in [-0.2, 0) is 0 Å². The normalized spacial score (nSPS) is 14.1. The summed E-state index contributed by atoms with van der Waals surface area (Å²) in [4.78, 5) is 7.31. The van der Waals surface area contributed by atoms with E-state index in [1.54, 1.807) is 0 Å². The third kappa shape index (κ3) is 3.15. The minimum absolute atomic E-state index is 0.760. The molecule has 0 saturated carbocycles.